The molecule has 0 spiro atoms. The summed E-state index contributed by atoms with van der Waals surface area (Å²) in [5.74, 6) is -1.48. The first-order valence-electron chi connectivity index (χ1n) is 7.99. The van der Waals surface area contributed by atoms with Gasteiger partial charge >= 0.3 is 11.8 Å². The zero-order valence-electron chi connectivity index (χ0n) is 13.3. The number of aliphatic hydroxyl groups is 1. The van der Waals surface area contributed by atoms with E-state index in [1.54, 1.807) is 24.3 Å². The molecule has 1 unspecified atom stereocenters. The number of nitrogens with one attached hydrogen (secondary N) is 2. The van der Waals surface area contributed by atoms with Crippen molar-refractivity contribution in [2.24, 2.45) is 0 Å². The van der Waals surface area contributed by atoms with Gasteiger partial charge in [-0.15, -0.1) is 0 Å². The molecule has 0 bridgehead atoms. The van der Waals surface area contributed by atoms with Crippen molar-refractivity contribution in [3.8, 4) is 0 Å². The van der Waals surface area contributed by atoms with E-state index >= 15 is 0 Å². The van der Waals surface area contributed by atoms with Crippen LogP contribution >= 0.6 is 0 Å². The molecular formula is C19H20N2O3. The Balaban J connectivity index is 1.55. The van der Waals surface area contributed by atoms with E-state index in [2.05, 4.69) is 16.7 Å². The summed E-state index contributed by atoms with van der Waals surface area (Å²) in [5, 5.41) is 15.8. The first-order valence-corrected chi connectivity index (χ1v) is 7.99. The first-order chi connectivity index (χ1) is 11.6. The van der Waals surface area contributed by atoms with Crippen LogP contribution in [0.15, 0.2) is 54.6 Å². The molecule has 1 aliphatic carbocycles. The Bertz CT molecular complexity index is 745. The smallest absolute Gasteiger partial charge is 0.313 e. The molecular weight excluding hydrogens is 304 g/mol. The third kappa shape index (κ3) is 3.81. The van der Waals surface area contributed by atoms with E-state index in [4.69, 9.17) is 0 Å². The second-order valence-corrected chi connectivity index (χ2v) is 6.17. The summed E-state index contributed by atoms with van der Waals surface area (Å²) in [4.78, 5) is 23.8. The highest BCUT2D eigenvalue weighted by Crippen LogP contribution is 2.28. The lowest BCUT2D eigenvalue weighted by Gasteiger charge is -2.33. The number of anilines is 1. The zero-order valence-corrected chi connectivity index (χ0v) is 13.3. The predicted molar refractivity (Wildman–Crippen MR) is 91.5 cm³/mol. The number of fused-ring (bicyclic) bond motifs is 1. The SMILES string of the molecule is O=C(NCC1(O)CCc2ccccc2C1)C(=O)Nc1ccccc1. The van der Waals surface area contributed by atoms with Crippen LogP contribution < -0.4 is 10.6 Å². The second kappa shape index (κ2) is 6.84. The molecule has 0 aromatic heterocycles. The van der Waals surface area contributed by atoms with E-state index in [0.717, 1.165) is 12.0 Å². The number of rotatable bonds is 3. The van der Waals surface area contributed by atoms with Gasteiger partial charge in [0.1, 0.15) is 0 Å². The van der Waals surface area contributed by atoms with Gasteiger partial charge < -0.3 is 15.7 Å². The fourth-order valence-corrected chi connectivity index (χ4v) is 2.97. The maximum Gasteiger partial charge on any atom is 0.313 e. The standard InChI is InChI=1S/C19H20N2O3/c22-17(18(23)21-16-8-2-1-3-9-16)20-13-19(24)11-10-14-6-4-5-7-15(14)12-19/h1-9,24H,10-13H2,(H,20,22)(H,21,23). The lowest BCUT2D eigenvalue weighted by atomic mass is 9.80. The van der Waals surface area contributed by atoms with E-state index in [1.807, 2.05) is 24.3 Å². The third-order valence-corrected chi connectivity index (χ3v) is 4.31. The Morgan fingerprint density at radius 3 is 2.38 bits per heavy atom. The summed E-state index contributed by atoms with van der Waals surface area (Å²) in [6.45, 7) is 0.0579. The number of benzene rings is 2. The van der Waals surface area contributed by atoms with Crippen molar-refractivity contribution in [2.75, 3.05) is 11.9 Å². The van der Waals surface area contributed by atoms with Gasteiger partial charge in [-0.1, -0.05) is 42.5 Å². The Morgan fingerprint density at radius 1 is 0.958 bits per heavy atom. The normalized spacial score (nSPS) is 19.2. The van der Waals surface area contributed by atoms with Crippen LogP contribution in [0.1, 0.15) is 17.5 Å². The summed E-state index contributed by atoms with van der Waals surface area (Å²) < 4.78 is 0. The fourth-order valence-electron chi connectivity index (χ4n) is 2.97. The summed E-state index contributed by atoms with van der Waals surface area (Å²) in [5.41, 5.74) is 1.87. The van der Waals surface area contributed by atoms with Crippen LogP contribution in [0, 0.1) is 0 Å². The molecule has 5 heteroatoms. The molecule has 124 valence electrons. The van der Waals surface area contributed by atoms with Crippen molar-refractivity contribution in [1.82, 2.24) is 5.32 Å². The molecule has 0 aliphatic heterocycles. The number of carbonyl (C=O) groups excluding carboxylic acids is 2. The van der Waals surface area contributed by atoms with Crippen molar-refractivity contribution in [1.29, 1.82) is 0 Å². The minimum absolute atomic E-state index is 0.0579. The van der Waals surface area contributed by atoms with Gasteiger partial charge in [-0.3, -0.25) is 9.59 Å². The highest BCUT2D eigenvalue weighted by Gasteiger charge is 2.32. The van der Waals surface area contributed by atoms with Gasteiger partial charge in [-0.2, -0.15) is 0 Å². The topological polar surface area (TPSA) is 78.4 Å². The van der Waals surface area contributed by atoms with Crippen LogP contribution in [0.25, 0.3) is 0 Å². The number of hydrogen-bond acceptors (Lipinski definition) is 3. The van der Waals surface area contributed by atoms with Crippen LogP contribution in [-0.2, 0) is 22.4 Å². The van der Waals surface area contributed by atoms with Gasteiger partial charge in [0.05, 0.1) is 5.60 Å². The lowest BCUT2D eigenvalue weighted by molar-refractivity contribution is -0.136. The number of hydrogen-bond donors (Lipinski definition) is 3. The highest BCUT2D eigenvalue weighted by molar-refractivity contribution is 6.39. The summed E-state index contributed by atoms with van der Waals surface area (Å²) >= 11 is 0. The van der Waals surface area contributed by atoms with E-state index in [9.17, 15) is 14.7 Å². The van der Waals surface area contributed by atoms with Crippen LogP contribution in [0.2, 0.25) is 0 Å². The van der Waals surface area contributed by atoms with Gasteiger partial charge in [0.15, 0.2) is 0 Å². The largest absolute Gasteiger partial charge is 0.388 e. The summed E-state index contributed by atoms with van der Waals surface area (Å²) in [7, 11) is 0. The molecule has 0 radical (unpaired) electrons. The van der Waals surface area contributed by atoms with Gasteiger partial charge in [-0.25, -0.2) is 0 Å². The fraction of sp³-hybridized carbons (Fsp3) is 0.263. The molecule has 0 fully saturated rings. The Kier molecular flexibility index (Phi) is 4.62. The number of amides is 2. The molecule has 2 aromatic rings. The van der Waals surface area contributed by atoms with E-state index in [0.29, 0.717) is 18.5 Å². The minimum atomic E-state index is -1.02. The van der Waals surface area contributed by atoms with Crippen LogP contribution in [0.3, 0.4) is 0 Å². The Labute approximate surface area is 140 Å². The maximum atomic E-state index is 11.9. The highest BCUT2D eigenvalue weighted by atomic mass is 16.3. The minimum Gasteiger partial charge on any atom is -0.388 e. The molecule has 5 nitrogen and oxygen atoms in total. The zero-order chi connectivity index (χ0) is 17.0. The summed E-state index contributed by atoms with van der Waals surface area (Å²) in [6.07, 6.45) is 1.80. The van der Waals surface area contributed by atoms with Gasteiger partial charge in [0.25, 0.3) is 0 Å². The van der Waals surface area contributed by atoms with Crippen molar-refractivity contribution >= 4 is 17.5 Å². The summed E-state index contributed by atoms with van der Waals surface area (Å²) in [6, 6.07) is 16.8. The Morgan fingerprint density at radius 2 is 1.62 bits per heavy atom. The second-order valence-electron chi connectivity index (χ2n) is 6.17. The molecule has 1 atom stereocenters. The monoisotopic (exact) mass is 324 g/mol. The van der Waals surface area contributed by atoms with E-state index < -0.39 is 17.4 Å². The molecule has 24 heavy (non-hydrogen) atoms. The lowest BCUT2D eigenvalue weighted by Crippen LogP contribution is -2.49. The molecule has 2 amide bonds. The van der Waals surface area contributed by atoms with Crippen LogP contribution in [0.5, 0.6) is 0 Å². The number of para-hydroxylation sites is 1. The average molecular weight is 324 g/mol. The van der Waals surface area contributed by atoms with Gasteiger partial charge in [0, 0.05) is 18.7 Å². The van der Waals surface area contributed by atoms with Gasteiger partial charge in [-0.05, 0) is 36.1 Å². The molecule has 0 saturated heterocycles. The van der Waals surface area contributed by atoms with Crippen LogP contribution in [-0.4, -0.2) is 29.1 Å². The number of aryl methyl sites for hydroxylation is 1. The van der Waals surface area contributed by atoms with Crippen molar-refractivity contribution in [3.63, 3.8) is 0 Å². The van der Waals surface area contributed by atoms with E-state index in [-0.39, 0.29) is 6.54 Å². The quantitative estimate of drug-likeness (QED) is 0.752. The first kappa shape index (κ1) is 16.2. The molecule has 3 rings (SSSR count). The van der Waals surface area contributed by atoms with Crippen molar-refractivity contribution < 1.29 is 14.7 Å². The van der Waals surface area contributed by atoms with E-state index in [1.165, 1.54) is 5.56 Å². The molecule has 2 aromatic carbocycles. The molecule has 1 aliphatic rings. The Hall–Kier alpha value is -2.66. The van der Waals surface area contributed by atoms with Crippen LogP contribution in [0.4, 0.5) is 5.69 Å². The van der Waals surface area contributed by atoms with Gasteiger partial charge in [0.2, 0.25) is 0 Å². The molecule has 0 saturated carbocycles. The molecule has 3 N–H and O–H groups in total. The average Bonchev–Trinajstić information content (AvgIpc) is 2.60. The van der Waals surface area contributed by atoms with Crippen molar-refractivity contribution in [3.05, 3.63) is 65.7 Å². The third-order valence-electron chi connectivity index (χ3n) is 4.31. The maximum absolute atomic E-state index is 11.9. The predicted octanol–water partition coefficient (Wildman–Crippen LogP) is 1.66. The van der Waals surface area contributed by atoms with Crippen molar-refractivity contribution in [2.45, 2.75) is 24.9 Å². The molecule has 0 heterocycles. The number of carbonyl (C=O) groups is 2.